The molecule has 4 rings (SSSR count). The highest BCUT2D eigenvalue weighted by Crippen LogP contribution is 2.49. The summed E-state index contributed by atoms with van der Waals surface area (Å²) in [5.74, 6) is 0. The van der Waals surface area contributed by atoms with Crippen molar-refractivity contribution in [2.45, 2.75) is 27.7 Å². The summed E-state index contributed by atoms with van der Waals surface area (Å²) in [6, 6.07) is 44.0. The molecule has 0 bridgehead atoms. The van der Waals surface area contributed by atoms with Gasteiger partial charge in [-0.1, -0.05) is 121 Å². The molecule has 0 N–H and O–H groups in total. The second-order valence-electron chi connectivity index (χ2n) is 8.43. The Morgan fingerprint density at radius 1 is 0.353 bits per heavy atom. The fraction of sp³-hybridized carbons (Fsp3) is 0.125. The minimum atomic E-state index is -0.584. The molecular formula is C32H32P2. The predicted molar refractivity (Wildman–Crippen MR) is 155 cm³/mol. The lowest BCUT2D eigenvalue weighted by atomic mass is 10.1. The third-order valence-electron chi connectivity index (χ3n) is 6.38. The summed E-state index contributed by atoms with van der Waals surface area (Å²) in [5.41, 5.74) is 2.83. The molecule has 2 heteroatoms. The maximum Gasteiger partial charge on any atom is -0.0154 e. The van der Waals surface area contributed by atoms with E-state index in [1.165, 1.54) is 43.0 Å². The summed E-state index contributed by atoms with van der Waals surface area (Å²) in [4.78, 5) is 0. The van der Waals surface area contributed by atoms with Gasteiger partial charge >= 0.3 is 0 Å². The minimum absolute atomic E-state index is 0.584. The largest absolute Gasteiger partial charge is 0.0622 e. The lowest BCUT2D eigenvalue weighted by molar-refractivity contribution is 1.28. The summed E-state index contributed by atoms with van der Waals surface area (Å²) >= 11 is 0. The third-order valence-corrected chi connectivity index (χ3v) is 11.6. The molecule has 0 nitrogen and oxygen atoms in total. The zero-order valence-electron chi connectivity index (χ0n) is 20.4. The van der Waals surface area contributed by atoms with E-state index in [-0.39, 0.29) is 0 Å². The molecule has 0 saturated heterocycles. The summed E-state index contributed by atoms with van der Waals surface area (Å²) in [7, 11) is -1.17. The Hall–Kier alpha value is -2.78. The van der Waals surface area contributed by atoms with Crippen LogP contribution in [0.25, 0.3) is 0 Å². The van der Waals surface area contributed by atoms with Crippen molar-refractivity contribution in [3.8, 4) is 0 Å². The number of hydrogen-bond acceptors (Lipinski definition) is 0. The van der Waals surface area contributed by atoms with Gasteiger partial charge in [-0.2, -0.15) is 0 Å². The van der Waals surface area contributed by atoms with Crippen LogP contribution in [0.4, 0.5) is 0 Å². The van der Waals surface area contributed by atoms with Crippen molar-refractivity contribution >= 4 is 37.1 Å². The van der Waals surface area contributed by atoms with Crippen LogP contribution in [0.5, 0.6) is 0 Å². The fourth-order valence-electron chi connectivity index (χ4n) is 4.26. The zero-order valence-corrected chi connectivity index (χ0v) is 22.2. The maximum atomic E-state index is 2.34. The van der Waals surface area contributed by atoms with Crippen molar-refractivity contribution in [2.75, 3.05) is 0 Å². The van der Waals surface area contributed by atoms with Crippen LogP contribution in [0.1, 0.15) is 27.7 Å². The Morgan fingerprint density at radius 2 is 0.559 bits per heavy atom. The lowest BCUT2D eigenvalue weighted by Crippen LogP contribution is -2.14. The van der Waals surface area contributed by atoms with E-state index in [4.69, 9.17) is 0 Å². The Morgan fingerprint density at radius 3 is 0.765 bits per heavy atom. The van der Waals surface area contributed by atoms with Gasteiger partial charge in [-0.25, -0.2) is 0 Å². The Balaban J connectivity index is 1.84. The van der Waals surface area contributed by atoms with Crippen LogP contribution in [-0.4, -0.2) is 0 Å². The summed E-state index contributed by atoms with van der Waals surface area (Å²) < 4.78 is 0. The molecule has 0 unspecified atom stereocenters. The Labute approximate surface area is 207 Å². The number of allylic oxidation sites excluding steroid dienone is 4. The second-order valence-corrected chi connectivity index (χ2v) is 13.2. The van der Waals surface area contributed by atoms with E-state index in [0.717, 1.165) is 0 Å². The first kappa shape index (κ1) is 24.3. The second kappa shape index (κ2) is 11.6. The van der Waals surface area contributed by atoms with E-state index in [1.807, 2.05) is 0 Å². The first-order valence-electron chi connectivity index (χ1n) is 11.7. The van der Waals surface area contributed by atoms with Crippen molar-refractivity contribution < 1.29 is 0 Å². The molecule has 170 valence electrons. The van der Waals surface area contributed by atoms with Crippen LogP contribution in [0.2, 0.25) is 0 Å². The van der Waals surface area contributed by atoms with Gasteiger partial charge in [-0.3, -0.25) is 0 Å². The highest BCUT2D eigenvalue weighted by atomic mass is 31.1. The van der Waals surface area contributed by atoms with Crippen molar-refractivity contribution in [3.63, 3.8) is 0 Å². The van der Waals surface area contributed by atoms with E-state index in [1.54, 1.807) is 0 Å². The van der Waals surface area contributed by atoms with E-state index in [9.17, 15) is 0 Å². The molecular weight excluding hydrogens is 446 g/mol. The average Bonchev–Trinajstić information content (AvgIpc) is 2.90. The van der Waals surface area contributed by atoms with Gasteiger partial charge in [-0.05, 0) is 86.5 Å². The van der Waals surface area contributed by atoms with E-state index >= 15 is 0 Å². The molecule has 0 saturated carbocycles. The highest BCUT2D eigenvalue weighted by molar-refractivity contribution is 7.77. The van der Waals surface area contributed by atoms with E-state index in [2.05, 4.69) is 149 Å². The fourth-order valence-corrected chi connectivity index (χ4v) is 9.29. The van der Waals surface area contributed by atoms with Crippen molar-refractivity contribution in [3.05, 3.63) is 143 Å². The van der Waals surface area contributed by atoms with Crippen LogP contribution >= 0.6 is 15.8 Å². The smallest absolute Gasteiger partial charge is 0.0154 e. The molecule has 0 amide bonds. The SMILES string of the molecule is CC(/C(C)=C(\C)P(c1ccccc1)c1ccccc1)=C(/C)P(c1ccccc1)c1ccccc1. The van der Waals surface area contributed by atoms with Gasteiger partial charge in [0.05, 0.1) is 0 Å². The quantitative estimate of drug-likeness (QED) is 0.187. The summed E-state index contributed by atoms with van der Waals surface area (Å²) in [5, 5.41) is 8.55. The highest BCUT2D eigenvalue weighted by Gasteiger charge is 2.21. The first-order chi connectivity index (χ1) is 16.6. The molecule has 0 radical (unpaired) electrons. The van der Waals surface area contributed by atoms with Crippen LogP contribution in [-0.2, 0) is 0 Å². The summed E-state index contributed by atoms with van der Waals surface area (Å²) in [6.07, 6.45) is 0. The minimum Gasteiger partial charge on any atom is -0.0622 e. The molecule has 0 heterocycles. The van der Waals surface area contributed by atoms with Gasteiger partial charge in [0.25, 0.3) is 0 Å². The van der Waals surface area contributed by atoms with Gasteiger partial charge in [0, 0.05) is 0 Å². The van der Waals surface area contributed by atoms with Gasteiger partial charge in [0.15, 0.2) is 0 Å². The molecule has 0 aliphatic heterocycles. The van der Waals surface area contributed by atoms with Crippen molar-refractivity contribution in [2.24, 2.45) is 0 Å². The molecule has 4 aromatic rings. The molecule has 34 heavy (non-hydrogen) atoms. The molecule has 0 aliphatic carbocycles. The zero-order chi connectivity index (χ0) is 23.9. The number of rotatable bonds is 7. The van der Waals surface area contributed by atoms with Crippen LogP contribution < -0.4 is 21.2 Å². The van der Waals surface area contributed by atoms with Crippen molar-refractivity contribution in [1.29, 1.82) is 0 Å². The number of hydrogen-bond donors (Lipinski definition) is 0. The normalized spacial score (nSPS) is 13.0. The van der Waals surface area contributed by atoms with Crippen LogP contribution in [0.15, 0.2) is 143 Å². The summed E-state index contributed by atoms with van der Waals surface area (Å²) in [6.45, 7) is 9.31. The Bertz CT molecular complexity index is 1080. The molecule has 0 fully saturated rings. The van der Waals surface area contributed by atoms with E-state index < -0.39 is 15.8 Å². The van der Waals surface area contributed by atoms with Gasteiger partial charge in [0.1, 0.15) is 0 Å². The van der Waals surface area contributed by atoms with Crippen LogP contribution in [0.3, 0.4) is 0 Å². The first-order valence-corrected chi connectivity index (χ1v) is 14.4. The predicted octanol–water partition coefficient (Wildman–Crippen LogP) is 7.84. The topological polar surface area (TPSA) is 0 Å². The monoisotopic (exact) mass is 478 g/mol. The third kappa shape index (κ3) is 5.47. The van der Waals surface area contributed by atoms with Gasteiger partial charge < -0.3 is 0 Å². The molecule has 0 atom stereocenters. The Kier molecular flexibility index (Phi) is 8.29. The van der Waals surface area contributed by atoms with Gasteiger partial charge in [-0.15, -0.1) is 0 Å². The maximum absolute atomic E-state index is 2.34. The van der Waals surface area contributed by atoms with Crippen molar-refractivity contribution in [1.82, 2.24) is 0 Å². The van der Waals surface area contributed by atoms with Crippen LogP contribution in [0, 0.1) is 0 Å². The standard InChI is InChI=1S/C32H32P2/c1-25(27(3)33(29-17-9-5-10-18-29)30-19-11-6-12-20-30)26(2)28(4)34(31-21-13-7-14-22-31)32-23-15-8-16-24-32/h5-24H,1-4H3/b27-25+,28-26+. The lowest BCUT2D eigenvalue weighted by Gasteiger charge is -2.26. The molecule has 4 aromatic carbocycles. The van der Waals surface area contributed by atoms with E-state index in [0.29, 0.717) is 0 Å². The average molecular weight is 479 g/mol. The number of benzene rings is 4. The molecule has 0 aliphatic rings. The molecule has 0 spiro atoms. The van der Waals surface area contributed by atoms with Gasteiger partial charge in [0.2, 0.25) is 0 Å². The molecule has 0 aromatic heterocycles.